The zero-order valence-electron chi connectivity index (χ0n) is 36.6. The van der Waals surface area contributed by atoms with E-state index in [9.17, 15) is 19.2 Å². The normalized spacial score (nSPS) is 13.1. The number of aryl methyl sites for hydroxylation is 2. The van der Waals surface area contributed by atoms with Gasteiger partial charge in [-0.15, -0.1) is 11.3 Å². The zero-order valence-corrected chi connectivity index (χ0v) is 37.4. The molecule has 6 rings (SSSR count). The second kappa shape index (κ2) is 21.3. The van der Waals surface area contributed by atoms with Crippen LogP contribution in [0.2, 0.25) is 0 Å². The third kappa shape index (κ3) is 12.1. The molecule has 62 heavy (non-hydrogen) atoms. The molecule has 2 heterocycles. The number of likely N-dealkylation sites (N-methyl/N-ethyl adjacent to an activating group) is 1. The number of thiophene rings is 1. The van der Waals surface area contributed by atoms with Crippen LogP contribution in [-0.2, 0) is 53.3 Å². The number of rotatable bonds is 20. The maximum atomic E-state index is 14.3. The van der Waals surface area contributed by atoms with E-state index >= 15 is 0 Å². The van der Waals surface area contributed by atoms with Gasteiger partial charge < -0.3 is 15.0 Å². The molecular weight excluding hydrogens is 797 g/mol. The van der Waals surface area contributed by atoms with E-state index in [0.29, 0.717) is 59.9 Å². The highest BCUT2D eigenvalue weighted by Crippen LogP contribution is 2.44. The van der Waals surface area contributed by atoms with E-state index in [1.807, 2.05) is 60.7 Å². The molecule has 5 aromatic rings. The van der Waals surface area contributed by atoms with Crippen LogP contribution in [0.15, 0.2) is 91.3 Å². The van der Waals surface area contributed by atoms with Crippen molar-refractivity contribution in [1.29, 1.82) is 5.26 Å². The quantitative estimate of drug-likeness (QED) is 0.0605. The lowest BCUT2D eigenvalue weighted by Gasteiger charge is -2.32. The first-order valence-corrected chi connectivity index (χ1v) is 22.5. The first-order chi connectivity index (χ1) is 29.9. The first kappa shape index (κ1) is 45.6. The van der Waals surface area contributed by atoms with Gasteiger partial charge in [0.25, 0.3) is 5.91 Å². The summed E-state index contributed by atoms with van der Waals surface area (Å²) in [5.74, 6) is -0.944. The fourth-order valence-corrected chi connectivity index (χ4v) is 9.50. The summed E-state index contributed by atoms with van der Waals surface area (Å²) in [5, 5.41) is 17.4. The predicted molar refractivity (Wildman–Crippen MR) is 243 cm³/mol. The van der Waals surface area contributed by atoms with Crippen molar-refractivity contribution in [1.82, 2.24) is 19.6 Å². The topological polar surface area (TPSA) is 138 Å². The lowest BCUT2D eigenvalue weighted by atomic mass is 9.76. The second-order valence-electron chi connectivity index (χ2n) is 17.0. The SMILES string of the molecule is CCC(CC)N(CCN(C)C(=O)CCC(=O)OCc1ccccc1)Cc1cccc(C(=O)Nc2sc3c(c2C(=O)c2cnn(CCc4ccc(C#N)cc4)c2)CCC(C)(C)C3)c1. The molecule has 0 saturated heterocycles. The number of benzene rings is 3. The molecule has 1 aliphatic carbocycles. The minimum atomic E-state index is -0.399. The highest BCUT2D eigenvalue weighted by atomic mass is 32.1. The Morgan fingerprint density at radius 1 is 0.935 bits per heavy atom. The van der Waals surface area contributed by atoms with Gasteiger partial charge in [0.05, 0.1) is 35.4 Å². The Labute approximate surface area is 369 Å². The number of hydrogen-bond acceptors (Lipinski definition) is 9. The first-order valence-electron chi connectivity index (χ1n) is 21.6. The average Bonchev–Trinajstić information content (AvgIpc) is 3.90. The van der Waals surface area contributed by atoms with Crippen LogP contribution in [0.25, 0.3) is 0 Å². The van der Waals surface area contributed by atoms with Crippen LogP contribution >= 0.6 is 11.3 Å². The molecule has 0 saturated carbocycles. The number of esters is 1. The summed E-state index contributed by atoms with van der Waals surface area (Å²) in [6.07, 6.45) is 8.57. The van der Waals surface area contributed by atoms with E-state index in [2.05, 4.69) is 49.1 Å². The Morgan fingerprint density at radius 3 is 2.40 bits per heavy atom. The summed E-state index contributed by atoms with van der Waals surface area (Å²) in [4.78, 5) is 59.0. The van der Waals surface area contributed by atoms with Crippen molar-refractivity contribution in [3.8, 4) is 6.07 Å². The van der Waals surface area contributed by atoms with Gasteiger partial charge in [0, 0.05) is 62.3 Å². The lowest BCUT2D eigenvalue weighted by molar-refractivity contribution is -0.147. The molecule has 0 radical (unpaired) electrons. The molecule has 11 nitrogen and oxygen atoms in total. The number of anilines is 1. The maximum absolute atomic E-state index is 14.3. The van der Waals surface area contributed by atoms with Crippen molar-refractivity contribution in [2.45, 2.75) is 105 Å². The summed E-state index contributed by atoms with van der Waals surface area (Å²) in [6, 6.07) is 27.0. The monoisotopic (exact) mass is 854 g/mol. The fraction of sp³-hybridized carbons (Fsp3) is 0.400. The van der Waals surface area contributed by atoms with E-state index in [1.54, 1.807) is 47.2 Å². The molecule has 1 aliphatic rings. The van der Waals surface area contributed by atoms with Crippen LogP contribution in [0, 0.1) is 16.7 Å². The minimum absolute atomic E-state index is 0.0234. The van der Waals surface area contributed by atoms with Crippen LogP contribution < -0.4 is 5.32 Å². The van der Waals surface area contributed by atoms with Crippen molar-refractivity contribution < 1.29 is 23.9 Å². The zero-order chi connectivity index (χ0) is 44.2. The van der Waals surface area contributed by atoms with E-state index in [0.717, 1.165) is 59.2 Å². The fourth-order valence-electron chi connectivity index (χ4n) is 8.00. The van der Waals surface area contributed by atoms with Crippen molar-refractivity contribution in [3.05, 3.63) is 141 Å². The van der Waals surface area contributed by atoms with E-state index in [-0.39, 0.29) is 48.5 Å². The van der Waals surface area contributed by atoms with Gasteiger partial charge in [-0.2, -0.15) is 10.4 Å². The predicted octanol–water partition coefficient (Wildman–Crippen LogP) is 9.03. The van der Waals surface area contributed by atoms with Gasteiger partial charge in [-0.1, -0.05) is 82.3 Å². The number of carbonyl (C=O) groups is 4. The highest BCUT2D eigenvalue weighted by Gasteiger charge is 2.34. The number of aromatic nitrogens is 2. The molecule has 3 aromatic carbocycles. The molecular formula is C50H58N6O5S. The van der Waals surface area contributed by atoms with Crippen LogP contribution in [0.1, 0.15) is 119 Å². The molecule has 2 aromatic heterocycles. The molecule has 0 aliphatic heterocycles. The molecule has 0 atom stereocenters. The van der Waals surface area contributed by atoms with Crippen molar-refractivity contribution >= 4 is 39.9 Å². The third-order valence-electron chi connectivity index (χ3n) is 11.8. The Kier molecular flexibility index (Phi) is 15.6. The molecule has 0 spiro atoms. The Balaban J connectivity index is 1.11. The molecule has 0 unspecified atom stereocenters. The number of nitrogens with zero attached hydrogens (tertiary/aromatic N) is 5. The van der Waals surface area contributed by atoms with E-state index in [4.69, 9.17) is 10.00 Å². The van der Waals surface area contributed by atoms with Crippen molar-refractivity contribution in [2.24, 2.45) is 5.41 Å². The van der Waals surface area contributed by atoms with Gasteiger partial charge in [-0.25, -0.2) is 0 Å². The molecule has 0 bridgehead atoms. The number of amides is 2. The van der Waals surface area contributed by atoms with Crippen molar-refractivity contribution in [3.63, 3.8) is 0 Å². The maximum Gasteiger partial charge on any atom is 0.306 e. The van der Waals surface area contributed by atoms with Crippen LogP contribution in [0.5, 0.6) is 0 Å². The summed E-state index contributed by atoms with van der Waals surface area (Å²) in [5.41, 5.74) is 6.19. The number of carbonyl (C=O) groups excluding carboxylic acids is 4. The van der Waals surface area contributed by atoms with Gasteiger partial charge in [0.2, 0.25) is 5.91 Å². The van der Waals surface area contributed by atoms with Crippen LogP contribution in [-0.4, -0.2) is 69.3 Å². The third-order valence-corrected chi connectivity index (χ3v) is 13.0. The molecule has 0 fully saturated rings. The smallest absolute Gasteiger partial charge is 0.306 e. The van der Waals surface area contributed by atoms with Crippen molar-refractivity contribution in [2.75, 3.05) is 25.5 Å². The summed E-state index contributed by atoms with van der Waals surface area (Å²) >= 11 is 1.50. The average molecular weight is 855 g/mol. The molecule has 2 amide bonds. The van der Waals surface area contributed by atoms with Gasteiger partial charge in [0.1, 0.15) is 11.6 Å². The number of fused-ring (bicyclic) bond motifs is 1. The number of ketones is 1. The number of nitriles is 1. The van der Waals surface area contributed by atoms with E-state index < -0.39 is 5.97 Å². The summed E-state index contributed by atoms with van der Waals surface area (Å²) < 4.78 is 7.13. The van der Waals surface area contributed by atoms with Crippen LogP contribution in [0.4, 0.5) is 5.00 Å². The number of hydrogen-bond donors (Lipinski definition) is 1. The van der Waals surface area contributed by atoms with Gasteiger partial charge in [-0.05, 0) is 90.5 Å². The number of nitrogens with one attached hydrogen (secondary N) is 1. The molecule has 12 heteroatoms. The lowest BCUT2D eigenvalue weighted by Crippen LogP contribution is -2.41. The second-order valence-corrected chi connectivity index (χ2v) is 18.1. The minimum Gasteiger partial charge on any atom is -0.461 e. The standard InChI is InChI=1S/C50H58N6O5S/c1-6-41(7-2)55(27-26-54(5)44(57)20-21-45(58)61-34-37-12-9-8-10-13-37)32-38-14-11-15-39(28-38)48(60)53-49-46(42-22-24-50(3,4)29-43(42)62-49)47(59)40-31-52-56(33-40)25-23-35-16-18-36(30-51)19-17-35/h8-19,28,31,33,41H,6-7,20-27,29,32,34H2,1-5H3,(H,53,60). The Hall–Kier alpha value is -5.90. The van der Waals surface area contributed by atoms with Crippen LogP contribution in [0.3, 0.4) is 0 Å². The van der Waals surface area contributed by atoms with Gasteiger partial charge in [-0.3, -0.25) is 28.8 Å². The Morgan fingerprint density at radius 2 is 1.68 bits per heavy atom. The molecule has 324 valence electrons. The Bertz CT molecular complexity index is 2370. The summed E-state index contributed by atoms with van der Waals surface area (Å²) in [7, 11) is 1.77. The van der Waals surface area contributed by atoms with Gasteiger partial charge in [0.15, 0.2) is 5.78 Å². The van der Waals surface area contributed by atoms with E-state index in [1.165, 1.54) is 11.3 Å². The molecule has 1 N–H and O–H groups in total. The highest BCUT2D eigenvalue weighted by molar-refractivity contribution is 7.17. The largest absolute Gasteiger partial charge is 0.461 e. The van der Waals surface area contributed by atoms with Gasteiger partial charge >= 0.3 is 5.97 Å². The number of ether oxygens (including phenoxy) is 1. The summed E-state index contributed by atoms with van der Waals surface area (Å²) in [6.45, 7) is 11.3.